The van der Waals surface area contributed by atoms with Gasteiger partial charge in [-0.3, -0.25) is 0 Å². The normalized spacial score (nSPS) is 11.7. The van der Waals surface area contributed by atoms with Crippen LogP contribution in [0.4, 0.5) is 19.0 Å². The van der Waals surface area contributed by atoms with Crippen LogP contribution in [0.1, 0.15) is 16.7 Å². The first kappa shape index (κ1) is 16.3. The van der Waals surface area contributed by atoms with E-state index in [4.69, 9.17) is 0 Å². The van der Waals surface area contributed by atoms with Crippen LogP contribution < -0.4 is 5.32 Å². The second-order valence-corrected chi connectivity index (χ2v) is 5.34. The van der Waals surface area contributed by atoms with Gasteiger partial charge in [-0.1, -0.05) is 18.2 Å². The molecule has 1 aromatic carbocycles. The van der Waals surface area contributed by atoms with E-state index < -0.39 is 11.7 Å². The molecule has 22 heavy (non-hydrogen) atoms. The molecule has 2 rings (SSSR count). The molecule has 0 saturated carbocycles. The lowest BCUT2D eigenvalue weighted by Gasteiger charge is -2.11. The minimum Gasteiger partial charge on any atom is -0.366 e. The molecule has 0 saturated heterocycles. The summed E-state index contributed by atoms with van der Waals surface area (Å²) in [7, 11) is 3.97. The van der Waals surface area contributed by atoms with Gasteiger partial charge in [-0.2, -0.15) is 13.2 Å². The first-order valence-electron chi connectivity index (χ1n) is 6.84. The van der Waals surface area contributed by atoms with E-state index in [1.807, 2.05) is 31.1 Å². The second-order valence-electron chi connectivity index (χ2n) is 5.34. The van der Waals surface area contributed by atoms with Crippen LogP contribution in [0.5, 0.6) is 0 Å². The highest BCUT2D eigenvalue weighted by molar-refractivity contribution is 5.37. The molecular formula is C16H18F3N3. The summed E-state index contributed by atoms with van der Waals surface area (Å²) in [6, 6.07) is 8.95. The summed E-state index contributed by atoms with van der Waals surface area (Å²) in [5, 5.41) is 3.09. The highest BCUT2D eigenvalue weighted by Gasteiger charge is 2.29. The molecule has 0 atom stereocenters. The summed E-state index contributed by atoms with van der Waals surface area (Å²) < 4.78 is 37.4. The number of pyridine rings is 1. The molecule has 0 aliphatic carbocycles. The number of nitrogens with zero attached hydrogens (tertiary/aromatic N) is 2. The zero-order chi connectivity index (χ0) is 16.2. The first-order valence-corrected chi connectivity index (χ1v) is 6.84. The Morgan fingerprint density at radius 1 is 1.00 bits per heavy atom. The van der Waals surface area contributed by atoms with Gasteiger partial charge in [0, 0.05) is 19.3 Å². The van der Waals surface area contributed by atoms with E-state index in [9.17, 15) is 13.2 Å². The van der Waals surface area contributed by atoms with Gasteiger partial charge in [0.1, 0.15) is 5.82 Å². The van der Waals surface area contributed by atoms with Crippen molar-refractivity contribution in [3.8, 4) is 0 Å². The zero-order valence-corrected chi connectivity index (χ0v) is 12.5. The van der Waals surface area contributed by atoms with Crippen molar-refractivity contribution in [2.75, 3.05) is 19.4 Å². The predicted molar refractivity (Wildman–Crippen MR) is 80.4 cm³/mol. The van der Waals surface area contributed by atoms with Crippen LogP contribution in [0.25, 0.3) is 0 Å². The summed E-state index contributed by atoms with van der Waals surface area (Å²) >= 11 is 0. The third kappa shape index (κ3) is 4.73. The Morgan fingerprint density at radius 2 is 1.64 bits per heavy atom. The number of hydrogen-bond acceptors (Lipinski definition) is 3. The van der Waals surface area contributed by atoms with E-state index in [1.165, 1.54) is 12.1 Å². The molecule has 0 spiro atoms. The van der Waals surface area contributed by atoms with Crippen LogP contribution >= 0.6 is 0 Å². The Kier molecular flexibility index (Phi) is 5.03. The van der Waals surface area contributed by atoms with Crippen LogP contribution in [0.15, 0.2) is 42.6 Å². The second kappa shape index (κ2) is 6.79. The molecule has 2 aromatic rings. The van der Waals surface area contributed by atoms with Gasteiger partial charge in [0.2, 0.25) is 0 Å². The number of alkyl halides is 3. The molecule has 0 aliphatic heterocycles. The molecule has 1 aromatic heterocycles. The molecule has 0 fully saturated rings. The SMILES string of the molecule is CN(C)Cc1ccc(NCc2ccc(C(F)(F)F)cc2)nc1. The van der Waals surface area contributed by atoms with Crippen molar-refractivity contribution in [2.24, 2.45) is 0 Å². The maximum absolute atomic E-state index is 12.5. The molecule has 1 N–H and O–H groups in total. The molecule has 1 heterocycles. The number of nitrogens with one attached hydrogen (secondary N) is 1. The van der Waals surface area contributed by atoms with Gasteiger partial charge in [-0.25, -0.2) is 4.98 Å². The molecule has 3 nitrogen and oxygen atoms in total. The summed E-state index contributed by atoms with van der Waals surface area (Å²) in [4.78, 5) is 6.33. The molecule has 118 valence electrons. The van der Waals surface area contributed by atoms with Crippen molar-refractivity contribution in [2.45, 2.75) is 19.3 Å². The topological polar surface area (TPSA) is 28.2 Å². The van der Waals surface area contributed by atoms with Gasteiger partial charge in [0.15, 0.2) is 0 Å². The lowest BCUT2D eigenvalue weighted by atomic mass is 10.1. The Balaban J connectivity index is 1.92. The number of rotatable bonds is 5. The third-order valence-electron chi connectivity index (χ3n) is 3.08. The van der Waals surface area contributed by atoms with Crippen molar-refractivity contribution in [1.82, 2.24) is 9.88 Å². The summed E-state index contributed by atoms with van der Waals surface area (Å²) in [6.07, 6.45) is -2.51. The average molecular weight is 309 g/mol. The fourth-order valence-corrected chi connectivity index (χ4v) is 1.99. The maximum Gasteiger partial charge on any atom is 0.416 e. The van der Waals surface area contributed by atoms with E-state index in [0.29, 0.717) is 12.4 Å². The van der Waals surface area contributed by atoms with E-state index in [1.54, 1.807) is 6.20 Å². The Hall–Kier alpha value is -2.08. The lowest BCUT2D eigenvalue weighted by Crippen LogP contribution is -2.11. The van der Waals surface area contributed by atoms with Gasteiger partial charge in [0.05, 0.1) is 5.56 Å². The van der Waals surface area contributed by atoms with Crippen LogP contribution in [-0.2, 0) is 19.3 Å². The predicted octanol–water partition coefficient (Wildman–Crippen LogP) is 3.77. The summed E-state index contributed by atoms with van der Waals surface area (Å²) in [5.41, 5.74) is 1.24. The third-order valence-corrected chi connectivity index (χ3v) is 3.08. The molecule has 0 aliphatic rings. The van der Waals surface area contributed by atoms with Gasteiger partial charge < -0.3 is 10.2 Å². The molecule has 0 unspecified atom stereocenters. The highest BCUT2D eigenvalue weighted by atomic mass is 19.4. The highest BCUT2D eigenvalue weighted by Crippen LogP contribution is 2.29. The molecule has 6 heteroatoms. The summed E-state index contributed by atoms with van der Waals surface area (Å²) in [5.74, 6) is 0.697. The molecule has 0 amide bonds. The van der Waals surface area contributed by atoms with Gasteiger partial charge in [-0.15, -0.1) is 0 Å². The molecule has 0 radical (unpaired) electrons. The fourth-order valence-electron chi connectivity index (χ4n) is 1.99. The first-order chi connectivity index (χ1) is 10.3. The van der Waals surface area contributed by atoms with E-state index in [0.717, 1.165) is 29.8 Å². The van der Waals surface area contributed by atoms with Crippen molar-refractivity contribution < 1.29 is 13.2 Å². The van der Waals surface area contributed by atoms with E-state index >= 15 is 0 Å². The fraction of sp³-hybridized carbons (Fsp3) is 0.312. The maximum atomic E-state index is 12.5. The van der Waals surface area contributed by atoms with Crippen LogP contribution in [0, 0.1) is 0 Å². The van der Waals surface area contributed by atoms with E-state index in [2.05, 4.69) is 10.3 Å². The number of halogens is 3. The quantitative estimate of drug-likeness (QED) is 0.911. The van der Waals surface area contributed by atoms with E-state index in [-0.39, 0.29) is 0 Å². The smallest absolute Gasteiger partial charge is 0.366 e. The van der Waals surface area contributed by atoms with Gasteiger partial charge in [0.25, 0.3) is 0 Å². The van der Waals surface area contributed by atoms with Crippen molar-refractivity contribution >= 4 is 5.82 Å². The van der Waals surface area contributed by atoms with Gasteiger partial charge in [-0.05, 0) is 43.4 Å². The number of anilines is 1. The van der Waals surface area contributed by atoms with Crippen LogP contribution in [0.2, 0.25) is 0 Å². The van der Waals surface area contributed by atoms with Crippen molar-refractivity contribution in [1.29, 1.82) is 0 Å². The number of hydrogen-bond donors (Lipinski definition) is 1. The van der Waals surface area contributed by atoms with Gasteiger partial charge >= 0.3 is 6.18 Å². The average Bonchev–Trinajstić information content (AvgIpc) is 2.45. The number of aromatic nitrogens is 1. The minimum atomic E-state index is -4.30. The Bertz CT molecular complexity index is 590. The number of benzene rings is 1. The summed E-state index contributed by atoms with van der Waals surface area (Å²) in [6.45, 7) is 1.24. The zero-order valence-electron chi connectivity index (χ0n) is 12.5. The Morgan fingerprint density at radius 3 is 2.14 bits per heavy atom. The van der Waals surface area contributed by atoms with Crippen molar-refractivity contribution in [3.05, 3.63) is 59.3 Å². The monoisotopic (exact) mass is 309 g/mol. The Labute approximate surface area is 127 Å². The molecular weight excluding hydrogens is 291 g/mol. The molecule has 0 bridgehead atoms. The largest absolute Gasteiger partial charge is 0.416 e. The minimum absolute atomic E-state index is 0.429. The van der Waals surface area contributed by atoms with Crippen LogP contribution in [0.3, 0.4) is 0 Å². The van der Waals surface area contributed by atoms with Crippen molar-refractivity contribution in [3.63, 3.8) is 0 Å². The van der Waals surface area contributed by atoms with Crippen LogP contribution in [-0.4, -0.2) is 24.0 Å². The lowest BCUT2D eigenvalue weighted by molar-refractivity contribution is -0.137. The standard InChI is InChI=1S/C16H18F3N3/c1-22(2)11-13-5-8-15(21-10-13)20-9-12-3-6-14(7-4-12)16(17,18)19/h3-8,10H,9,11H2,1-2H3,(H,20,21).